The fourth-order valence-electron chi connectivity index (χ4n) is 2.09. The van der Waals surface area contributed by atoms with E-state index in [2.05, 4.69) is 19.1 Å². The molecule has 0 aliphatic rings. The zero-order chi connectivity index (χ0) is 12.6. The summed E-state index contributed by atoms with van der Waals surface area (Å²) in [4.78, 5) is 0. The average Bonchev–Trinajstić information content (AvgIpc) is 2.22. The Balaban J connectivity index is 2.67. The van der Waals surface area contributed by atoms with Gasteiger partial charge < -0.3 is 10.2 Å². The average molecular weight is 228 g/mol. The van der Waals surface area contributed by atoms with Crippen LogP contribution in [0.4, 0.5) is 0 Å². The van der Waals surface area contributed by atoms with E-state index in [1.54, 1.807) is 12.1 Å². The van der Waals surface area contributed by atoms with Gasteiger partial charge in [-0.1, -0.05) is 17.7 Å². The van der Waals surface area contributed by atoms with E-state index in [9.17, 15) is 10.2 Å². The maximum atomic E-state index is 9.52. The van der Waals surface area contributed by atoms with Crippen LogP contribution >= 0.6 is 0 Å². The van der Waals surface area contributed by atoms with Crippen LogP contribution in [0.5, 0.6) is 11.5 Å². The lowest BCUT2D eigenvalue weighted by molar-refractivity contribution is 0.451. The molecule has 0 fully saturated rings. The summed E-state index contributed by atoms with van der Waals surface area (Å²) in [5.41, 5.74) is 5.44. The number of hydrogen-bond donors (Lipinski definition) is 2. The molecular formula is C15H16O2. The molecule has 0 unspecified atom stereocenters. The number of rotatable bonds is 1. The summed E-state index contributed by atoms with van der Waals surface area (Å²) in [6.45, 7) is 6.15. The third-order valence-electron chi connectivity index (χ3n) is 3.03. The highest BCUT2D eigenvalue weighted by Gasteiger charge is 2.07. The van der Waals surface area contributed by atoms with Gasteiger partial charge in [-0.05, 0) is 55.2 Å². The number of aromatic hydroxyl groups is 2. The maximum absolute atomic E-state index is 9.52. The number of benzene rings is 2. The van der Waals surface area contributed by atoms with Gasteiger partial charge in [-0.2, -0.15) is 0 Å². The number of aryl methyl sites for hydroxylation is 2. The lowest BCUT2D eigenvalue weighted by atomic mass is 9.94. The molecule has 0 amide bonds. The molecule has 0 saturated heterocycles. The van der Waals surface area contributed by atoms with Crippen LogP contribution in [0.2, 0.25) is 0 Å². The summed E-state index contributed by atoms with van der Waals surface area (Å²) in [5, 5.41) is 19.0. The Morgan fingerprint density at radius 2 is 1.35 bits per heavy atom. The molecule has 2 rings (SSSR count). The second kappa shape index (κ2) is 4.13. The molecule has 0 saturated carbocycles. The fourth-order valence-corrected chi connectivity index (χ4v) is 2.09. The molecule has 2 nitrogen and oxygen atoms in total. The minimum atomic E-state index is 0.0820. The van der Waals surface area contributed by atoms with Crippen LogP contribution in [-0.2, 0) is 0 Å². The first-order valence-corrected chi connectivity index (χ1v) is 5.58. The number of hydrogen-bond acceptors (Lipinski definition) is 2. The Kier molecular flexibility index (Phi) is 2.80. The highest BCUT2D eigenvalue weighted by Crippen LogP contribution is 2.32. The monoisotopic (exact) mass is 228 g/mol. The minimum Gasteiger partial charge on any atom is -0.508 e. The van der Waals surface area contributed by atoms with E-state index in [1.165, 1.54) is 22.8 Å². The SMILES string of the molecule is Cc1cc(C)c(C)c(-c2cc(O)cc(O)c2)c1. The summed E-state index contributed by atoms with van der Waals surface area (Å²) in [6.07, 6.45) is 0. The lowest BCUT2D eigenvalue weighted by Gasteiger charge is -2.11. The number of phenolic OH excluding ortho intramolecular Hbond substituents is 2. The first kappa shape index (κ1) is 11.5. The van der Waals surface area contributed by atoms with E-state index in [-0.39, 0.29) is 11.5 Å². The second-order valence-electron chi connectivity index (χ2n) is 4.49. The predicted molar refractivity (Wildman–Crippen MR) is 69.4 cm³/mol. The summed E-state index contributed by atoms with van der Waals surface area (Å²) >= 11 is 0. The zero-order valence-electron chi connectivity index (χ0n) is 10.3. The van der Waals surface area contributed by atoms with Crippen molar-refractivity contribution in [1.82, 2.24) is 0 Å². The van der Waals surface area contributed by atoms with Gasteiger partial charge in [0.2, 0.25) is 0 Å². The van der Waals surface area contributed by atoms with Gasteiger partial charge in [0.05, 0.1) is 0 Å². The quantitative estimate of drug-likeness (QED) is 0.781. The largest absolute Gasteiger partial charge is 0.508 e. The first-order valence-electron chi connectivity index (χ1n) is 5.58. The van der Waals surface area contributed by atoms with Gasteiger partial charge in [0.25, 0.3) is 0 Å². The highest BCUT2D eigenvalue weighted by molar-refractivity contribution is 5.71. The van der Waals surface area contributed by atoms with Gasteiger partial charge in [-0.3, -0.25) is 0 Å². The van der Waals surface area contributed by atoms with E-state index >= 15 is 0 Å². The van der Waals surface area contributed by atoms with Crippen LogP contribution in [0, 0.1) is 20.8 Å². The van der Waals surface area contributed by atoms with Gasteiger partial charge >= 0.3 is 0 Å². The van der Waals surface area contributed by atoms with Gasteiger partial charge in [0, 0.05) is 6.07 Å². The van der Waals surface area contributed by atoms with Gasteiger partial charge in [0.15, 0.2) is 0 Å². The molecule has 0 spiro atoms. The molecule has 2 aromatic carbocycles. The van der Waals surface area contributed by atoms with Crippen LogP contribution < -0.4 is 0 Å². The molecule has 0 aromatic heterocycles. The molecule has 2 N–H and O–H groups in total. The topological polar surface area (TPSA) is 40.5 Å². The number of phenols is 2. The third-order valence-corrected chi connectivity index (χ3v) is 3.03. The molecule has 2 aromatic rings. The standard InChI is InChI=1S/C15H16O2/c1-9-4-10(2)11(3)15(5-9)12-6-13(16)8-14(17)7-12/h4-8,16-17H,1-3H3. The summed E-state index contributed by atoms with van der Waals surface area (Å²) < 4.78 is 0. The zero-order valence-corrected chi connectivity index (χ0v) is 10.3. The van der Waals surface area contributed by atoms with E-state index < -0.39 is 0 Å². The Hall–Kier alpha value is -1.96. The van der Waals surface area contributed by atoms with Crippen molar-refractivity contribution >= 4 is 0 Å². The highest BCUT2D eigenvalue weighted by atomic mass is 16.3. The predicted octanol–water partition coefficient (Wildman–Crippen LogP) is 3.69. The van der Waals surface area contributed by atoms with Crippen molar-refractivity contribution in [2.24, 2.45) is 0 Å². The fraction of sp³-hybridized carbons (Fsp3) is 0.200. The van der Waals surface area contributed by atoms with Crippen LogP contribution in [0.1, 0.15) is 16.7 Å². The summed E-state index contributed by atoms with van der Waals surface area (Å²) in [6, 6.07) is 8.86. The van der Waals surface area contributed by atoms with Crippen molar-refractivity contribution in [1.29, 1.82) is 0 Å². The molecule has 17 heavy (non-hydrogen) atoms. The van der Waals surface area contributed by atoms with E-state index in [1.807, 2.05) is 13.8 Å². The molecule has 0 heterocycles. The van der Waals surface area contributed by atoms with Gasteiger partial charge in [-0.25, -0.2) is 0 Å². The molecule has 0 aliphatic carbocycles. The van der Waals surface area contributed by atoms with Crippen LogP contribution in [0.25, 0.3) is 11.1 Å². The molecule has 0 bridgehead atoms. The van der Waals surface area contributed by atoms with Crippen LogP contribution in [-0.4, -0.2) is 10.2 Å². The molecule has 0 aliphatic heterocycles. The van der Waals surface area contributed by atoms with E-state index in [0.717, 1.165) is 11.1 Å². The Labute approximate surface area is 101 Å². The molecule has 0 atom stereocenters. The summed E-state index contributed by atoms with van der Waals surface area (Å²) in [5.74, 6) is 0.164. The van der Waals surface area contributed by atoms with Gasteiger partial charge in [-0.15, -0.1) is 0 Å². The van der Waals surface area contributed by atoms with Crippen molar-refractivity contribution in [3.63, 3.8) is 0 Å². The molecule has 0 radical (unpaired) electrons. The van der Waals surface area contributed by atoms with Crippen molar-refractivity contribution in [3.05, 3.63) is 47.0 Å². The third kappa shape index (κ3) is 2.26. The van der Waals surface area contributed by atoms with E-state index in [4.69, 9.17) is 0 Å². The van der Waals surface area contributed by atoms with Crippen LogP contribution in [0.3, 0.4) is 0 Å². The molecular weight excluding hydrogens is 212 g/mol. The lowest BCUT2D eigenvalue weighted by Crippen LogP contribution is -1.89. The minimum absolute atomic E-state index is 0.0820. The second-order valence-corrected chi connectivity index (χ2v) is 4.49. The smallest absolute Gasteiger partial charge is 0.119 e. The van der Waals surface area contributed by atoms with Gasteiger partial charge in [0.1, 0.15) is 11.5 Å². The molecule has 2 heteroatoms. The Bertz CT molecular complexity index is 551. The van der Waals surface area contributed by atoms with E-state index in [0.29, 0.717) is 0 Å². The normalized spacial score (nSPS) is 10.5. The summed E-state index contributed by atoms with van der Waals surface area (Å²) in [7, 11) is 0. The Morgan fingerprint density at radius 1 is 0.765 bits per heavy atom. The van der Waals surface area contributed by atoms with Crippen molar-refractivity contribution in [2.75, 3.05) is 0 Å². The van der Waals surface area contributed by atoms with Crippen LogP contribution in [0.15, 0.2) is 30.3 Å². The Morgan fingerprint density at radius 3 is 1.94 bits per heavy atom. The van der Waals surface area contributed by atoms with Crippen molar-refractivity contribution in [2.45, 2.75) is 20.8 Å². The molecule has 88 valence electrons. The first-order chi connectivity index (χ1) is 7.97. The van der Waals surface area contributed by atoms with Crippen molar-refractivity contribution < 1.29 is 10.2 Å². The van der Waals surface area contributed by atoms with Crippen molar-refractivity contribution in [3.8, 4) is 22.6 Å². The maximum Gasteiger partial charge on any atom is 0.119 e.